The Morgan fingerprint density at radius 1 is 1.43 bits per heavy atom. The van der Waals surface area contributed by atoms with E-state index >= 15 is 0 Å². The molecular weight excluding hydrogens is 292 g/mol. The highest BCUT2D eigenvalue weighted by Crippen LogP contribution is 2.32. The van der Waals surface area contributed by atoms with Crippen LogP contribution >= 0.6 is 11.6 Å². The van der Waals surface area contributed by atoms with Crippen molar-refractivity contribution in [2.45, 2.75) is 13.0 Å². The van der Waals surface area contributed by atoms with Crippen LogP contribution < -0.4 is 5.32 Å². The summed E-state index contributed by atoms with van der Waals surface area (Å²) in [5.41, 5.74) is 1.35. The number of benzene rings is 1. The lowest BCUT2D eigenvalue weighted by atomic mass is 9.98. The molecule has 1 aliphatic heterocycles. The van der Waals surface area contributed by atoms with Crippen LogP contribution in [0.2, 0.25) is 5.02 Å². The van der Waals surface area contributed by atoms with E-state index in [2.05, 4.69) is 15.4 Å². The summed E-state index contributed by atoms with van der Waals surface area (Å²) in [6.07, 6.45) is 3.05. The van der Waals surface area contributed by atoms with Crippen LogP contribution in [0.25, 0.3) is 0 Å². The van der Waals surface area contributed by atoms with Crippen molar-refractivity contribution in [2.75, 3.05) is 11.9 Å². The fourth-order valence-electron chi connectivity index (χ4n) is 2.25. The lowest BCUT2D eigenvalue weighted by Crippen LogP contribution is -2.27. The molecule has 0 bridgehead atoms. The van der Waals surface area contributed by atoms with Crippen molar-refractivity contribution in [2.24, 2.45) is 0 Å². The predicted molar refractivity (Wildman–Crippen MR) is 78.0 cm³/mol. The number of nitrogens with one attached hydrogen (secondary N) is 1. The van der Waals surface area contributed by atoms with Gasteiger partial charge in [0.15, 0.2) is 0 Å². The number of rotatable bonds is 3. The standard InChI is InChI=1S/C14H13ClN4O2/c1-2-21-13(20)11-7-16-14-17-8-18-19(14)12(11)9-3-5-10(15)6-4-9/h3-8,12H,2H2,1H3,(H,16,17,18). The van der Waals surface area contributed by atoms with Gasteiger partial charge >= 0.3 is 5.97 Å². The van der Waals surface area contributed by atoms with Gasteiger partial charge in [0.05, 0.1) is 12.2 Å². The highest BCUT2D eigenvalue weighted by Gasteiger charge is 2.31. The molecule has 0 saturated heterocycles. The first-order valence-corrected chi connectivity index (χ1v) is 6.87. The van der Waals surface area contributed by atoms with E-state index in [9.17, 15) is 4.79 Å². The molecule has 6 nitrogen and oxygen atoms in total. The molecule has 1 aliphatic rings. The van der Waals surface area contributed by atoms with Crippen LogP contribution in [0.5, 0.6) is 0 Å². The largest absolute Gasteiger partial charge is 0.463 e. The number of halogens is 1. The summed E-state index contributed by atoms with van der Waals surface area (Å²) in [6, 6.07) is 6.88. The first-order chi connectivity index (χ1) is 10.2. The van der Waals surface area contributed by atoms with Gasteiger partial charge in [-0.1, -0.05) is 23.7 Å². The van der Waals surface area contributed by atoms with Gasteiger partial charge in [-0.3, -0.25) is 0 Å². The Balaban J connectivity index is 2.05. The Kier molecular flexibility index (Phi) is 3.62. The molecule has 0 aliphatic carbocycles. The second-order valence-electron chi connectivity index (χ2n) is 4.45. The van der Waals surface area contributed by atoms with E-state index in [-0.39, 0.29) is 12.0 Å². The van der Waals surface area contributed by atoms with Crippen molar-refractivity contribution < 1.29 is 9.53 Å². The molecule has 0 saturated carbocycles. The van der Waals surface area contributed by atoms with E-state index in [4.69, 9.17) is 16.3 Å². The van der Waals surface area contributed by atoms with Crippen LogP contribution in [0.4, 0.5) is 5.95 Å². The molecule has 1 N–H and O–H groups in total. The normalized spacial score (nSPS) is 16.7. The van der Waals surface area contributed by atoms with E-state index < -0.39 is 0 Å². The molecular formula is C14H13ClN4O2. The Morgan fingerprint density at radius 2 is 2.19 bits per heavy atom. The quantitative estimate of drug-likeness (QED) is 0.882. The summed E-state index contributed by atoms with van der Waals surface area (Å²) < 4.78 is 6.76. The van der Waals surface area contributed by atoms with E-state index in [1.165, 1.54) is 6.33 Å². The molecule has 21 heavy (non-hydrogen) atoms. The molecule has 0 fully saturated rings. The third-order valence-corrected chi connectivity index (χ3v) is 3.42. The lowest BCUT2D eigenvalue weighted by Gasteiger charge is -2.25. The average molecular weight is 305 g/mol. The van der Waals surface area contributed by atoms with E-state index in [0.29, 0.717) is 23.2 Å². The first kappa shape index (κ1) is 13.6. The lowest BCUT2D eigenvalue weighted by molar-refractivity contribution is -0.139. The number of aromatic nitrogens is 3. The summed E-state index contributed by atoms with van der Waals surface area (Å²) in [5.74, 6) is 0.189. The molecule has 0 amide bonds. The van der Waals surface area contributed by atoms with Crippen molar-refractivity contribution in [3.8, 4) is 0 Å². The zero-order valence-corrected chi connectivity index (χ0v) is 12.0. The van der Waals surface area contributed by atoms with E-state index in [1.807, 2.05) is 12.1 Å². The second-order valence-corrected chi connectivity index (χ2v) is 4.88. The van der Waals surface area contributed by atoms with Crippen molar-refractivity contribution in [1.29, 1.82) is 0 Å². The number of fused-ring (bicyclic) bond motifs is 1. The predicted octanol–water partition coefficient (Wildman–Crippen LogP) is 2.39. The fraction of sp³-hybridized carbons (Fsp3) is 0.214. The minimum absolute atomic E-state index is 0.313. The Morgan fingerprint density at radius 3 is 2.90 bits per heavy atom. The van der Waals surface area contributed by atoms with Gasteiger partial charge in [0.1, 0.15) is 12.4 Å². The summed E-state index contributed by atoms with van der Waals surface area (Å²) in [5, 5.41) is 7.77. The topological polar surface area (TPSA) is 69.0 Å². The maximum atomic E-state index is 12.2. The molecule has 1 aromatic heterocycles. The molecule has 0 spiro atoms. The Hall–Kier alpha value is -2.34. The summed E-state index contributed by atoms with van der Waals surface area (Å²) >= 11 is 5.93. The van der Waals surface area contributed by atoms with Gasteiger partial charge in [0.2, 0.25) is 5.95 Å². The second kappa shape index (κ2) is 5.57. The Bertz CT molecular complexity index is 693. The number of ether oxygens (including phenoxy) is 1. The molecule has 1 atom stereocenters. The molecule has 0 radical (unpaired) electrons. The number of esters is 1. The van der Waals surface area contributed by atoms with Crippen LogP contribution in [-0.2, 0) is 9.53 Å². The van der Waals surface area contributed by atoms with Gasteiger partial charge in [0, 0.05) is 11.2 Å². The van der Waals surface area contributed by atoms with E-state index in [0.717, 1.165) is 5.56 Å². The summed E-state index contributed by atoms with van der Waals surface area (Å²) in [6.45, 7) is 2.08. The smallest absolute Gasteiger partial charge is 0.338 e. The number of carbonyl (C=O) groups excluding carboxylic acids is 1. The highest BCUT2D eigenvalue weighted by atomic mass is 35.5. The number of carbonyl (C=O) groups is 1. The minimum Gasteiger partial charge on any atom is -0.463 e. The number of anilines is 1. The van der Waals surface area contributed by atoms with Crippen molar-refractivity contribution >= 4 is 23.5 Å². The van der Waals surface area contributed by atoms with Gasteiger partial charge in [-0.05, 0) is 24.6 Å². The van der Waals surface area contributed by atoms with Crippen molar-refractivity contribution in [1.82, 2.24) is 14.8 Å². The maximum Gasteiger partial charge on any atom is 0.338 e. The zero-order valence-electron chi connectivity index (χ0n) is 11.3. The van der Waals surface area contributed by atoms with Gasteiger partial charge in [0.25, 0.3) is 0 Å². The monoisotopic (exact) mass is 304 g/mol. The summed E-state index contributed by atoms with van der Waals surface area (Å²) in [4.78, 5) is 16.3. The molecule has 2 aromatic rings. The third-order valence-electron chi connectivity index (χ3n) is 3.17. The van der Waals surface area contributed by atoms with E-state index in [1.54, 1.807) is 29.9 Å². The number of hydrogen-bond acceptors (Lipinski definition) is 5. The van der Waals surface area contributed by atoms with Crippen LogP contribution in [0.3, 0.4) is 0 Å². The number of nitrogens with zero attached hydrogens (tertiary/aromatic N) is 3. The van der Waals surface area contributed by atoms with Crippen LogP contribution in [-0.4, -0.2) is 27.3 Å². The molecule has 3 rings (SSSR count). The van der Waals surface area contributed by atoms with Gasteiger partial charge < -0.3 is 10.1 Å². The number of hydrogen-bond donors (Lipinski definition) is 1. The molecule has 2 heterocycles. The fourth-order valence-corrected chi connectivity index (χ4v) is 2.37. The maximum absolute atomic E-state index is 12.2. The van der Waals surface area contributed by atoms with Crippen LogP contribution in [0.15, 0.2) is 42.4 Å². The van der Waals surface area contributed by atoms with Gasteiger partial charge in [-0.2, -0.15) is 10.1 Å². The van der Waals surface area contributed by atoms with Gasteiger partial charge in [-0.25, -0.2) is 9.48 Å². The molecule has 7 heteroatoms. The third kappa shape index (κ3) is 2.50. The van der Waals surface area contributed by atoms with Gasteiger partial charge in [-0.15, -0.1) is 0 Å². The zero-order chi connectivity index (χ0) is 14.8. The highest BCUT2D eigenvalue weighted by molar-refractivity contribution is 6.30. The molecule has 1 unspecified atom stereocenters. The van der Waals surface area contributed by atoms with Crippen molar-refractivity contribution in [3.05, 3.63) is 53.0 Å². The Labute approximate surface area is 126 Å². The summed E-state index contributed by atoms with van der Waals surface area (Å²) in [7, 11) is 0. The molecule has 1 aromatic carbocycles. The first-order valence-electron chi connectivity index (χ1n) is 6.49. The van der Waals surface area contributed by atoms with Crippen LogP contribution in [0, 0.1) is 0 Å². The molecule has 108 valence electrons. The SMILES string of the molecule is CCOC(=O)C1=CNc2ncnn2C1c1ccc(Cl)cc1. The minimum atomic E-state index is -0.389. The average Bonchev–Trinajstić information content (AvgIpc) is 2.96. The van der Waals surface area contributed by atoms with Crippen LogP contribution in [0.1, 0.15) is 18.5 Å². The van der Waals surface area contributed by atoms with Crippen molar-refractivity contribution in [3.63, 3.8) is 0 Å².